The first-order chi connectivity index (χ1) is 11.7. The molecule has 2 fully saturated rings. The molecule has 1 heterocycles. The molecule has 1 aromatic rings. The third-order valence-electron chi connectivity index (χ3n) is 4.83. The number of rotatable bonds is 5. The van der Waals surface area contributed by atoms with Crippen molar-refractivity contribution in [1.29, 1.82) is 0 Å². The predicted octanol–water partition coefficient (Wildman–Crippen LogP) is 3.28. The number of unbranched alkanes of at least 4 members (excludes halogenated alkanes) is 1. The number of carbonyl (C=O) groups excluding carboxylic acids is 1. The van der Waals surface area contributed by atoms with Crippen LogP contribution in [0.15, 0.2) is 24.3 Å². The van der Waals surface area contributed by atoms with E-state index in [4.69, 9.17) is 12.2 Å². The summed E-state index contributed by atoms with van der Waals surface area (Å²) in [6, 6.07) is 8.55. The lowest BCUT2D eigenvalue weighted by Gasteiger charge is -2.36. The molecule has 0 spiro atoms. The van der Waals surface area contributed by atoms with Crippen molar-refractivity contribution in [3.8, 4) is 0 Å². The monoisotopic (exact) mass is 345 g/mol. The zero-order valence-electron chi connectivity index (χ0n) is 14.5. The molecule has 1 saturated carbocycles. The molecule has 1 N–H and O–H groups in total. The van der Waals surface area contributed by atoms with Crippen LogP contribution < -0.4 is 5.32 Å². The highest BCUT2D eigenvalue weighted by Crippen LogP contribution is 2.31. The van der Waals surface area contributed by atoms with Crippen molar-refractivity contribution in [2.24, 2.45) is 5.92 Å². The molecular weight excluding hydrogens is 318 g/mol. The standard InChI is InChI=1S/C19H27N3OS/c1-2-3-4-15-5-9-17(10-6-15)20-19(24)22-13-11-21(12-14-22)18(23)16-7-8-16/h5-6,9-10,16H,2-4,7-8,11-14H2,1H3,(H,20,24). The molecule has 0 atom stereocenters. The van der Waals surface area contributed by atoms with E-state index in [-0.39, 0.29) is 0 Å². The van der Waals surface area contributed by atoms with E-state index in [2.05, 4.69) is 41.4 Å². The van der Waals surface area contributed by atoms with Gasteiger partial charge in [-0.25, -0.2) is 0 Å². The minimum Gasteiger partial charge on any atom is -0.345 e. The Balaban J connectivity index is 1.46. The van der Waals surface area contributed by atoms with Crippen LogP contribution in [0.5, 0.6) is 0 Å². The molecule has 4 nitrogen and oxygen atoms in total. The minimum atomic E-state index is 0.313. The zero-order valence-corrected chi connectivity index (χ0v) is 15.3. The fraction of sp³-hybridized carbons (Fsp3) is 0.579. The minimum absolute atomic E-state index is 0.313. The Kier molecular flexibility index (Phi) is 5.72. The number of thiocarbonyl (C=S) groups is 1. The molecule has 0 aromatic heterocycles. The fourth-order valence-corrected chi connectivity index (χ4v) is 3.36. The molecule has 130 valence electrons. The summed E-state index contributed by atoms with van der Waals surface area (Å²) in [5.74, 6) is 0.657. The molecule has 1 amide bonds. The Labute approximate surface area is 150 Å². The molecule has 0 unspecified atom stereocenters. The van der Waals surface area contributed by atoms with E-state index in [1.54, 1.807) is 0 Å². The third kappa shape index (κ3) is 4.47. The Bertz CT molecular complexity index is 575. The van der Waals surface area contributed by atoms with Crippen molar-refractivity contribution in [3.63, 3.8) is 0 Å². The summed E-state index contributed by atoms with van der Waals surface area (Å²) in [5, 5.41) is 4.09. The summed E-state index contributed by atoms with van der Waals surface area (Å²) < 4.78 is 0. The van der Waals surface area contributed by atoms with Gasteiger partial charge in [-0.05, 0) is 55.6 Å². The number of hydrogen-bond donors (Lipinski definition) is 1. The maximum Gasteiger partial charge on any atom is 0.225 e. The van der Waals surface area contributed by atoms with Gasteiger partial charge in [-0.3, -0.25) is 4.79 Å². The number of carbonyl (C=O) groups is 1. The van der Waals surface area contributed by atoms with Crippen LogP contribution in [-0.2, 0) is 11.2 Å². The van der Waals surface area contributed by atoms with Gasteiger partial charge in [0.05, 0.1) is 0 Å². The van der Waals surface area contributed by atoms with Gasteiger partial charge in [0.1, 0.15) is 0 Å². The van der Waals surface area contributed by atoms with Crippen LogP contribution in [0.2, 0.25) is 0 Å². The van der Waals surface area contributed by atoms with Gasteiger partial charge in [-0.2, -0.15) is 0 Å². The largest absolute Gasteiger partial charge is 0.345 e. The maximum absolute atomic E-state index is 12.1. The Morgan fingerprint density at radius 2 is 1.75 bits per heavy atom. The van der Waals surface area contributed by atoms with Gasteiger partial charge in [0.2, 0.25) is 5.91 Å². The molecule has 0 radical (unpaired) electrons. The van der Waals surface area contributed by atoms with Crippen LogP contribution >= 0.6 is 12.2 Å². The van der Waals surface area contributed by atoms with Crippen LogP contribution in [0.3, 0.4) is 0 Å². The molecule has 2 aliphatic rings. The normalized spacial score (nSPS) is 17.7. The third-order valence-corrected chi connectivity index (χ3v) is 5.19. The Hall–Kier alpha value is -1.62. The van der Waals surface area contributed by atoms with Gasteiger partial charge < -0.3 is 15.1 Å². The first kappa shape index (κ1) is 17.2. The van der Waals surface area contributed by atoms with Crippen molar-refractivity contribution in [2.45, 2.75) is 39.0 Å². The number of benzene rings is 1. The molecular formula is C19H27N3OS. The summed E-state index contributed by atoms with van der Waals surface area (Å²) in [5.41, 5.74) is 2.41. The molecule has 24 heavy (non-hydrogen) atoms. The number of piperazine rings is 1. The second kappa shape index (κ2) is 7.97. The number of nitrogens with zero attached hydrogens (tertiary/aromatic N) is 2. The lowest BCUT2D eigenvalue weighted by Crippen LogP contribution is -2.52. The van der Waals surface area contributed by atoms with Gasteiger partial charge in [0, 0.05) is 37.8 Å². The fourth-order valence-electron chi connectivity index (χ4n) is 3.06. The molecule has 5 heteroatoms. The summed E-state index contributed by atoms with van der Waals surface area (Å²) >= 11 is 5.54. The lowest BCUT2D eigenvalue weighted by atomic mass is 10.1. The van der Waals surface area contributed by atoms with Gasteiger partial charge in [0.15, 0.2) is 5.11 Å². The van der Waals surface area contributed by atoms with Gasteiger partial charge in [0.25, 0.3) is 0 Å². The summed E-state index contributed by atoms with van der Waals surface area (Å²) in [6.45, 7) is 5.42. The second-order valence-corrected chi connectivity index (χ2v) is 7.20. The van der Waals surface area contributed by atoms with Crippen molar-refractivity contribution in [3.05, 3.63) is 29.8 Å². The van der Waals surface area contributed by atoms with Crippen molar-refractivity contribution >= 4 is 28.9 Å². The van der Waals surface area contributed by atoms with Crippen LogP contribution in [-0.4, -0.2) is 47.0 Å². The van der Waals surface area contributed by atoms with E-state index >= 15 is 0 Å². The van der Waals surface area contributed by atoms with E-state index in [0.717, 1.165) is 56.2 Å². The van der Waals surface area contributed by atoms with Crippen LogP contribution in [0, 0.1) is 5.92 Å². The summed E-state index contributed by atoms with van der Waals surface area (Å²) in [7, 11) is 0. The lowest BCUT2D eigenvalue weighted by molar-refractivity contribution is -0.133. The number of hydrogen-bond acceptors (Lipinski definition) is 2. The topological polar surface area (TPSA) is 35.6 Å². The van der Waals surface area contributed by atoms with E-state index in [1.165, 1.54) is 18.4 Å². The van der Waals surface area contributed by atoms with Crippen molar-refractivity contribution in [1.82, 2.24) is 9.80 Å². The second-order valence-electron chi connectivity index (χ2n) is 6.82. The number of anilines is 1. The first-order valence-electron chi connectivity index (χ1n) is 9.11. The van der Waals surface area contributed by atoms with Crippen molar-refractivity contribution in [2.75, 3.05) is 31.5 Å². The molecule has 0 bridgehead atoms. The molecule has 3 rings (SSSR count). The van der Waals surface area contributed by atoms with Crippen LogP contribution in [0.4, 0.5) is 5.69 Å². The average Bonchev–Trinajstić information content (AvgIpc) is 3.46. The number of nitrogens with one attached hydrogen (secondary N) is 1. The highest BCUT2D eigenvalue weighted by atomic mass is 32.1. The zero-order chi connectivity index (χ0) is 16.9. The van der Waals surface area contributed by atoms with E-state index < -0.39 is 0 Å². The number of aryl methyl sites for hydroxylation is 1. The van der Waals surface area contributed by atoms with Crippen LogP contribution in [0.1, 0.15) is 38.2 Å². The number of amides is 1. The van der Waals surface area contributed by atoms with E-state index in [9.17, 15) is 4.79 Å². The summed E-state index contributed by atoms with van der Waals surface area (Å²) in [4.78, 5) is 16.3. The average molecular weight is 346 g/mol. The molecule has 1 aliphatic heterocycles. The Morgan fingerprint density at radius 3 is 2.33 bits per heavy atom. The quantitative estimate of drug-likeness (QED) is 0.831. The highest BCUT2D eigenvalue weighted by Gasteiger charge is 2.34. The molecule has 1 saturated heterocycles. The Morgan fingerprint density at radius 1 is 1.12 bits per heavy atom. The van der Waals surface area contributed by atoms with Gasteiger partial charge in [-0.1, -0.05) is 25.5 Å². The molecule has 1 aromatic carbocycles. The first-order valence-corrected chi connectivity index (χ1v) is 9.52. The highest BCUT2D eigenvalue weighted by molar-refractivity contribution is 7.80. The summed E-state index contributed by atoms with van der Waals surface area (Å²) in [6.07, 6.45) is 5.74. The van der Waals surface area contributed by atoms with E-state index in [0.29, 0.717) is 11.8 Å². The SMILES string of the molecule is CCCCc1ccc(NC(=S)N2CCN(C(=O)C3CC3)CC2)cc1. The smallest absolute Gasteiger partial charge is 0.225 e. The van der Waals surface area contributed by atoms with E-state index in [1.807, 2.05) is 4.90 Å². The maximum atomic E-state index is 12.1. The predicted molar refractivity (Wildman–Crippen MR) is 102 cm³/mol. The van der Waals surface area contributed by atoms with Crippen molar-refractivity contribution < 1.29 is 4.79 Å². The molecule has 1 aliphatic carbocycles. The van der Waals surface area contributed by atoms with Gasteiger partial charge in [-0.15, -0.1) is 0 Å². The van der Waals surface area contributed by atoms with Crippen LogP contribution in [0.25, 0.3) is 0 Å². The van der Waals surface area contributed by atoms with Gasteiger partial charge >= 0.3 is 0 Å².